The Hall–Kier alpha value is -3.55. The van der Waals surface area contributed by atoms with Gasteiger partial charge in [-0.05, 0) is 34.4 Å². The largest absolute Gasteiger partial charge is 0.480 e. The molecule has 0 aliphatic heterocycles. The Balaban J connectivity index is 1.46. The lowest BCUT2D eigenvalue weighted by molar-refractivity contribution is -0.137. The van der Waals surface area contributed by atoms with E-state index in [0.29, 0.717) is 0 Å². The molecule has 174 valence electrons. The molecule has 0 fully saturated rings. The highest BCUT2D eigenvalue weighted by Gasteiger charge is 2.29. The summed E-state index contributed by atoms with van der Waals surface area (Å²) in [5.74, 6) is -1.82. The van der Waals surface area contributed by atoms with Crippen LogP contribution in [0.4, 0.5) is 10.5 Å². The van der Waals surface area contributed by atoms with Crippen molar-refractivity contribution in [2.45, 2.75) is 5.92 Å². The van der Waals surface area contributed by atoms with Crippen LogP contribution in [0, 0.1) is 0 Å². The van der Waals surface area contributed by atoms with E-state index in [0.717, 1.165) is 27.2 Å². The highest BCUT2D eigenvalue weighted by atomic mass is 35.5. The number of carboxylic acid groups (broad SMARTS) is 1. The average molecular weight is 499 g/mol. The van der Waals surface area contributed by atoms with Gasteiger partial charge in [0.15, 0.2) is 0 Å². The van der Waals surface area contributed by atoms with Crippen molar-refractivity contribution in [3.8, 4) is 11.1 Å². The zero-order valence-electron chi connectivity index (χ0n) is 18.0. The molecule has 3 aromatic rings. The van der Waals surface area contributed by atoms with Gasteiger partial charge in [0.2, 0.25) is 0 Å². The summed E-state index contributed by atoms with van der Waals surface area (Å²) in [6.07, 6.45) is -0.743. The van der Waals surface area contributed by atoms with Crippen LogP contribution in [0.1, 0.15) is 27.4 Å². The number of benzene rings is 3. The fourth-order valence-electron chi connectivity index (χ4n) is 4.05. The van der Waals surface area contributed by atoms with Crippen molar-refractivity contribution >= 4 is 46.9 Å². The van der Waals surface area contributed by atoms with Gasteiger partial charge in [0.05, 0.1) is 15.7 Å². The lowest BCUT2D eigenvalue weighted by atomic mass is 9.98. The molecule has 0 atom stereocenters. The van der Waals surface area contributed by atoms with E-state index in [4.69, 9.17) is 33.0 Å². The van der Waals surface area contributed by atoms with Gasteiger partial charge >= 0.3 is 12.1 Å². The smallest absolute Gasteiger partial charge is 0.411 e. The molecule has 3 aromatic carbocycles. The summed E-state index contributed by atoms with van der Waals surface area (Å²) in [7, 11) is 1.35. The van der Waals surface area contributed by atoms with Crippen LogP contribution in [0.15, 0.2) is 60.7 Å². The van der Waals surface area contributed by atoms with E-state index in [2.05, 4.69) is 5.32 Å². The third-order valence-corrected chi connectivity index (χ3v) is 6.18. The van der Waals surface area contributed by atoms with Crippen molar-refractivity contribution in [3.63, 3.8) is 0 Å². The number of halogens is 2. The minimum absolute atomic E-state index is 0.0214. The third-order valence-electron chi connectivity index (χ3n) is 5.58. The zero-order valence-corrected chi connectivity index (χ0v) is 19.6. The average Bonchev–Trinajstić information content (AvgIpc) is 3.12. The first-order valence-electron chi connectivity index (χ1n) is 10.3. The Bertz CT molecular complexity index is 1230. The Morgan fingerprint density at radius 2 is 1.50 bits per heavy atom. The molecule has 0 saturated heterocycles. The van der Waals surface area contributed by atoms with Gasteiger partial charge in [-0.1, -0.05) is 71.7 Å². The number of nitrogens with zero attached hydrogens (tertiary/aromatic N) is 1. The maximum Gasteiger partial charge on any atom is 0.411 e. The summed E-state index contributed by atoms with van der Waals surface area (Å²) < 4.78 is 5.51. The van der Waals surface area contributed by atoms with E-state index in [1.165, 1.54) is 19.2 Å². The van der Waals surface area contributed by atoms with Gasteiger partial charge in [-0.3, -0.25) is 14.9 Å². The number of hydrogen-bond donors (Lipinski definition) is 2. The van der Waals surface area contributed by atoms with Crippen molar-refractivity contribution in [1.29, 1.82) is 0 Å². The van der Waals surface area contributed by atoms with Crippen molar-refractivity contribution in [2.24, 2.45) is 0 Å². The summed E-state index contributed by atoms with van der Waals surface area (Å²) >= 11 is 12.5. The number of fused-ring (bicyclic) bond motifs is 3. The molecule has 9 heteroatoms. The number of carbonyl (C=O) groups excluding carboxylic acids is 2. The van der Waals surface area contributed by atoms with E-state index < -0.39 is 24.5 Å². The second kappa shape index (κ2) is 9.75. The third kappa shape index (κ3) is 4.71. The van der Waals surface area contributed by atoms with Crippen LogP contribution >= 0.6 is 23.2 Å². The molecule has 1 aliphatic rings. The van der Waals surface area contributed by atoms with Crippen LogP contribution in [-0.2, 0) is 9.53 Å². The normalized spacial score (nSPS) is 12.0. The van der Waals surface area contributed by atoms with Gasteiger partial charge in [0.1, 0.15) is 13.2 Å². The van der Waals surface area contributed by atoms with Crippen molar-refractivity contribution in [2.75, 3.05) is 25.5 Å². The Kier molecular flexibility index (Phi) is 6.77. The second-order valence-electron chi connectivity index (χ2n) is 7.82. The quantitative estimate of drug-likeness (QED) is 0.466. The number of rotatable bonds is 6. The van der Waals surface area contributed by atoms with Crippen LogP contribution < -0.4 is 5.32 Å². The number of carbonyl (C=O) groups is 3. The number of aliphatic carboxylic acids is 1. The van der Waals surface area contributed by atoms with Crippen LogP contribution in [0.25, 0.3) is 11.1 Å². The van der Waals surface area contributed by atoms with Crippen LogP contribution in [0.3, 0.4) is 0 Å². The number of ether oxygens (including phenoxy) is 1. The molecule has 0 radical (unpaired) electrons. The molecule has 0 unspecified atom stereocenters. The van der Waals surface area contributed by atoms with E-state index in [9.17, 15) is 14.4 Å². The molecule has 0 aromatic heterocycles. The summed E-state index contributed by atoms with van der Waals surface area (Å²) in [6.45, 7) is -0.362. The minimum atomic E-state index is -1.15. The number of nitrogens with one attached hydrogen (secondary N) is 1. The SMILES string of the molecule is CN(CC(=O)O)C(=O)c1cc(Cl)c(NC(=O)OCC2c3ccccc3-c3ccccc32)c(Cl)c1. The molecule has 2 amide bonds. The highest BCUT2D eigenvalue weighted by Crippen LogP contribution is 2.44. The first-order valence-corrected chi connectivity index (χ1v) is 11.1. The van der Waals surface area contributed by atoms with E-state index in [-0.39, 0.29) is 33.8 Å². The van der Waals surface area contributed by atoms with Crippen LogP contribution in [0.2, 0.25) is 10.0 Å². The van der Waals surface area contributed by atoms with Gasteiger partial charge in [-0.15, -0.1) is 0 Å². The monoisotopic (exact) mass is 498 g/mol. The highest BCUT2D eigenvalue weighted by molar-refractivity contribution is 6.40. The first-order chi connectivity index (χ1) is 16.3. The van der Waals surface area contributed by atoms with Crippen LogP contribution in [0.5, 0.6) is 0 Å². The molecule has 0 bridgehead atoms. The summed E-state index contributed by atoms with van der Waals surface area (Å²) in [5.41, 5.74) is 4.59. The summed E-state index contributed by atoms with van der Waals surface area (Å²) in [4.78, 5) is 36.8. The van der Waals surface area contributed by atoms with E-state index in [1.54, 1.807) is 0 Å². The van der Waals surface area contributed by atoms with Gasteiger partial charge in [0.25, 0.3) is 5.91 Å². The van der Waals surface area contributed by atoms with E-state index in [1.807, 2.05) is 48.5 Å². The summed E-state index contributed by atoms with van der Waals surface area (Å²) in [5, 5.41) is 11.4. The van der Waals surface area contributed by atoms with Crippen molar-refractivity contribution < 1.29 is 24.2 Å². The Morgan fingerprint density at radius 3 is 2.03 bits per heavy atom. The van der Waals surface area contributed by atoms with Crippen LogP contribution in [-0.4, -0.2) is 48.2 Å². The molecule has 0 saturated carbocycles. The maximum atomic E-state index is 12.6. The molecular formula is C25H20Cl2N2O5. The molecular weight excluding hydrogens is 479 g/mol. The molecule has 4 rings (SSSR count). The predicted octanol–water partition coefficient (Wildman–Crippen LogP) is 5.51. The van der Waals surface area contributed by atoms with Gasteiger partial charge < -0.3 is 14.7 Å². The molecule has 0 heterocycles. The summed E-state index contributed by atoms with van der Waals surface area (Å²) in [6, 6.07) is 18.6. The van der Waals surface area contributed by atoms with E-state index >= 15 is 0 Å². The lowest BCUT2D eigenvalue weighted by Gasteiger charge is -2.17. The molecule has 7 nitrogen and oxygen atoms in total. The molecule has 2 N–H and O–H groups in total. The zero-order chi connectivity index (χ0) is 24.4. The number of carboxylic acids is 1. The Morgan fingerprint density at radius 1 is 0.971 bits per heavy atom. The van der Waals surface area contributed by atoms with Crippen molar-refractivity contribution in [1.82, 2.24) is 4.90 Å². The topological polar surface area (TPSA) is 95.9 Å². The number of likely N-dealkylation sites (N-methyl/N-ethyl adjacent to an activating group) is 1. The molecule has 1 aliphatic carbocycles. The van der Waals surface area contributed by atoms with Crippen molar-refractivity contribution in [3.05, 3.63) is 87.4 Å². The first kappa shape index (κ1) is 23.6. The lowest BCUT2D eigenvalue weighted by Crippen LogP contribution is -2.32. The fourth-order valence-corrected chi connectivity index (χ4v) is 4.63. The molecule has 34 heavy (non-hydrogen) atoms. The number of hydrogen-bond acceptors (Lipinski definition) is 4. The minimum Gasteiger partial charge on any atom is -0.480 e. The van der Waals surface area contributed by atoms with Gasteiger partial charge in [0, 0.05) is 18.5 Å². The predicted molar refractivity (Wildman–Crippen MR) is 130 cm³/mol. The molecule has 0 spiro atoms. The maximum absolute atomic E-state index is 12.6. The van der Waals surface area contributed by atoms with Gasteiger partial charge in [-0.25, -0.2) is 4.79 Å². The standard InChI is InChI=1S/C25H20Cl2N2O5/c1-29(12-22(30)31)24(32)14-10-20(26)23(21(27)11-14)28-25(33)34-13-19-17-8-4-2-6-15(17)16-7-3-5-9-18(16)19/h2-11,19H,12-13H2,1H3,(H,28,33)(H,30,31). The number of amides is 2. The number of anilines is 1. The second-order valence-corrected chi connectivity index (χ2v) is 8.63. The van der Waals surface area contributed by atoms with Gasteiger partial charge in [-0.2, -0.15) is 0 Å². The Labute approximate surface area is 205 Å². The fraction of sp³-hybridized carbons (Fsp3) is 0.160.